The highest BCUT2D eigenvalue weighted by Gasteiger charge is 2.35. The van der Waals surface area contributed by atoms with Crippen LogP contribution in [0, 0.1) is 0 Å². The van der Waals surface area contributed by atoms with Gasteiger partial charge in [-0.2, -0.15) is 9.97 Å². The van der Waals surface area contributed by atoms with Crippen molar-refractivity contribution in [2.75, 3.05) is 0 Å². The molecule has 56 heavy (non-hydrogen) atoms. The molecule has 11 rings (SSSR count). The summed E-state index contributed by atoms with van der Waals surface area (Å²) in [4.78, 5) is 15.3. The second-order valence-corrected chi connectivity index (χ2v) is 15.2. The summed E-state index contributed by atoms with van der Waals surface area (Å²) in [6, 6.07) is 64.9. The van der Waals surface area contributed by atoms with Crippen LogP contribution in [0.25, 0.3) is 94.7 Å². The van der Waals surface area contributed by atoms with Crippen LogP contribution in [0.15, 0.2) is 182 Å². The van der Waals surface area contributed by atoms with Crippen LogP contribution in [-0.4, -0.2) is 19.5 Å². The summed E-state index contributed by atoms with van der Waals surface area (Å²) in [7, 11) is 0. The van der Waals surface area contributed by atoms with Gasteiger partial charge in [0.15, 0.2) is 11.6 Å². The molecule has 0 radical (unpaired) electrons. The summed E-state index contributed by atoms with van der Waals surface area (Å²) in [5.41, 5.74) is 14.2. The van der Waals surface area contributed by atoms with Crippen molar-refractivity contribution in [1.82, 2.24) is 19.5 Å². The molecule has 1 aliphatic rings. The lowest BCUT2D eigenvalue weighted by atomic mass is 9.81. The maximum Gasteiger partial charge on any atom is 0.238 e. The van der Waals surface area contributed by atoms with Crippen molar-refractivity contribution in [2.45, 2.75) is 19.3 Å². The molecule has 0 saturated carbocycles. The van der Waals surface area contributed by atoms with Gasteiger partial charge in [-0.1, -0.05) is 178 Å². The summed E-state index contributed by atoms with van der Waals surface area (Å²) in [5, 5.41) is 4.79. The van der Waals surface area contributed by atoms with Crippen molar-refractivity contribution in [2.24, 2.45) is 0 Å². The molecule has 2 aromatic heterocycles. The predicted molar refractivity (Wildman–Crippen MR) is 231 cm³/mol. The summed E-state index contributed by atoms with van der Waals surface area (Å²) in [5.74, 6) is 1.85. The Morgan fingerprint density at radius 1 is 0.393 bits per heavy atom. The maximum absolute atomic E-state index is 5.17. The third-order valence-electron chi connectivity index (χ3n) is 11.7. The summed E-state index contributed by atoms with van der Waals surface area (Å²) >= 11 is 0. The van der Waals surface area contributed by atoms with E-state index in [1.807, 2.05) is 18.2 Å². The SMILES string of the molecule is CC1(C)c2ccccc2-c2ccc(-c3cccc4cccc(-c5ccc(-c6nc(-c7ccccc7)nc(-n7c8ccccc8c8ccccc87)n6)cc5)c34)cc21. The molecule has 0 amide bonds. The van der Waals surface area contributed by atoms with E-state index in [0.717, 1.165) is 27.7 Å². The van der Waals surface area contributed by atoms with Gasteiger partial charge < -0.3 is 0 Å². The summed E-state index contributed by atoms with van der Waals surface area (Å²) < 4.78 is 2.16. The van der Waals surface area contributed by atoms with Crippen molar-refractivity contribution >= 4 is 32.6 Å². The Balaban J connectivity index is 1.04. The van der Waals surface area contributed by atoms with E-state index >= 15 is 0 Å². The lowest BCUT2D eigenvalue weighted by molar-refractivity contribution is 0.660. The van der Waals surface area contributed by atoms with E-state index in [2.05, 4.69) is 182 Å². The number of rotatable bonds is 5. The molecule has 0 unspecified atom stereocenters. The van der Waals surface area contributed by atoms with Gasteiger partial charge in [0.1, 0.15) is 0 Å². The molecule has 0 spiro atoms. The number of para-hydroxylation sites is 2. The van der Waals surface area contributed by atoms with Crippen LogP contribution in [0.2, 0.25) is 0 Å². The highest BCUT2D eigenvalue weighted by Crippen LogP contribution is 2.50. The molecular formula is C52H36N4. The van der Waals surface area contributed by atoms with Crippen molar-refractivity contribution in [3.63, 3.8) is 0 Å². The fourth-order valence-electron chi connectivity index (χ4n) is 8.94. The fourth-order valence-corrected chi connectivity index (χ4v) is 8.94. The van der Waals surface area contributed by atoms with Gasteiger partial charge in [0.25, 0.3) is 0 Å². The monoisotopic (exact) mass is 716 g/mol. The number of nitrogens with zero attached hydrogens (tertiary/aromatic N) is 4. The Morgan fingerprint density at radius 3 is 1.61 bits per heavy atom. The molecule has 0 N–H and O–H groups in total. The lowest BCUT2D eigenvalue weighted by Crippen LogP contribution is -2.14. The molecule has 0 bridgehead atoms. The quantitative estimate of drug-likeness (QED) is 0.178. The van der Waals surface area contributed by atoms with E-state index in [0.29, 0.717) is 17.6 Å². The lowest BCUT2D eigenvalue weighted by Gasteiger charge is -2.22. The number of fused-ring (bicyclic) bond motifs is 7. The highest BCUT2D eigenvalue weighted by atomic mass is 15.2. The molecule has 264 valence electrons. The van der Waals surface area contributed by atoms with E-state index in [1.54, 1.807) is 0 Å². The van der Waals surface area contributed by atoms with Gasteiger partial charge in [-0.05, 0) is 73.5 Å². The van der Waals surface area contributed by atoms with E-state index in [4.69, 9.17) is 15.0 Å². The second-order valence-electron chi connectivity index (χ2n) is 15.2. The molecular weight excluding hydrogens is 681 g/mol. The number of benzene rings is 8. The van der Waals surface area contributed by atoms with E-state index in [-0.39, 0.29) is 5.41 Å². The van der Waals surface area contributed by atoms with Gasteiger partial charge in [-0.3, -0.25) is 4.57 Å². The van der Waals surface area contributed by atoms with Gasteiger partial charge in [-0.25, -0.2) is 4.98 Å². The third kappa shape index (κ3) is 4.96. The van der Waals surface area contributed by atoms with Crippen molar-refractivity contribution in [3.05, 3.63) is 193 Å². The molecule has 0 saturated heterocycles. The standard InChI is InChI=1S/C52H36N4/c1-52(2)44-23-9-6-18-40(44)41-31-30-37(32-45(41)52)39-22-13-17-34-16-12-21-38(48(34)39)33-26-28-36(29-27-33)50-53-49(35-14-4-3-5-15-35)54-51(55-50)56-46-24-10-7-19-42(46)43-20-8-11-25-47(43)56/h3-32H,1-2H3. The molecule has 2 heterocycles. The molecule has 4 heteroatoms. The topological polar surface area (TPSA) is 43.6 Å². The van der Waals surface area contributed by atoms with E-state index < -0.39 is 0 Å². The first-order chi connectivity index (χ1) is 27.5. The second kappa shape index (κ2) is 12.4. The van der Waals surface area contributed by atoms with Gasteiger partial charge in [0.2, 0.25) is 5.95 Å². The smallest absolute Gasteiger partial charge is 0.238 e. The van der Waals surface area contributed by atoms with Gasteiger partial charge in [0, 0.05) is 27.3 Å². The normalized spacial score (nSPS) is 13.0. The minimum absolute atomic E-state index is 0.0675. The van der Waals surface area contributed by atoms with Crippen LogP contribution in [0.5, 0.6) is 0 Å². The summed E-state index contributed by atoms with van der Waals surface area (Å²) in [6.45, 7) is 4.69. The van der Waals surface area contributed by atoms with Crippen molar-refractivity contribution in [1.29, 1.82) is 0 Å². The van der Waals surface area contributed by atoms with Gasteiger partial charge in [-0.15, -0.1) is 0 Å². The van der Waals surface area contributed by atoms with Crippen LogP contribution in [0.4, 0.5) is 0 Å². The molecule has 8 aromatic carbocycles. The van der Waals surface area contributed by atoms with E-state index in [9.17, 15) is 0 Å². The van der Waals surface area contributed by atoms with E-state index in [1.165, 1.54) is 60.5 Å². The maximum atomic E-state index is 5.17. The Bertz CT molecular complexity index is 3100. The largest absolute Gasteiger partial charge is 0.278 e. The van der Waals surface area contributed by atoms with Crippen molar-refractivity contribution < 1.29 is 0 Å². The zero-order chi connectivity index (χ0) is 37.4. The minimum atomic E-state index is -0.0675. The van der Waals surface area contributed by atoms with Gasteiger partial charge >= 0.3 is 0 Å². The molecule has 0 fully saturated rings. The van der Waals surface area contributed by atoms with Crippen LogP contribution in [0.1, 0.15) is 25.0 Å². The van der Waals surface area contributed by atoms with Gasteiger partial charge in [0.05, 0.1) is 11.0 Å². The fraction of sp³-hybridized carbons (Fsp3) is 0.0577. The number of aromatic nitrogens is 4. The first-order valence-electron chi connectivity index (χ1n) is 19.2. The Hall–Kier alpha value is -7.17. The Kier molecular flexibility index (Phi) is 7.17. The highest BCUT2D eigenvalue weighted by molar-refractivity contribution is 6.09. The molecule has 4 nitrogen and oxygen atoms in total. The molecule has 0 atom stereocenters. The first kappa shape index (κ1) is 32.3. The van der Waals surface area contributed by atoms with Crippen LogP contribution < -0.4 is 0 Å². The Labute approximate surface area is 325 Å². The van der Waals surface area contributed by atoms with Crippen molar-refractivity contribution in [3.8, 4) is 62.1 Å². The third-order valence-corrected chi connectivity index (χ3v) is 11.7. The first-order valence-corrected chi connectivity index (χ1v) is 19.2. The molecule has 0 aliphatic heterocycles. The molecule has 1 aliphatic carbocycles. The van der Waals surface area contributed by atoms with Crippen LogP contribution in [0.3, 0.4) is 0 Å². The number of hydrogen-bond acceptors (Lipinski definition) is 3. The summed E-state index contributed by atoms with van der Waals surface area (Å²) in [6.07, 6.45) is 0. The molecule has 10 aromatic rings. The number of hydrogen-bond donors (Lipinski definition) is 0. The minimum Gasteiger partial charge on any atom is -0.278 e. The zero-order valence-electron chi connectivity index (χ0n) is 31.1. The average Bonchev–Trinajstić information content (AvgIpc) is 3.71. The van der Waals surface area contributed by atoms with Crippen LogP contribution in [-0.2, 0) is 5.41 Å². The zero-order valence-corrected chi connectivity index (χ0v) is 31.1. The van der Waals surface area contributed by atoms with Crippen LogP contribution >= 0.6 is 0 Å². The predicted octanol–water partition coefficient (Wildman–Crippen LogP) is 13.1. The Morgan fingerprint density at radius 2 is 0.911 bits per heavy atom. The average molecular weight is 717 g/mol.